The van der Waals surface area contributed by atoms with Crippen LogP contribution in [0.25, 0.3) is 0 Å². The Bertz CT molecular complexity index is 471. The molecule has 0 atom stereocenters. The number of hydrogen-bond donors (Lipinski definition) is 3. The van der Waals surface area contributed by atoms with Gasteiger partial charge in [-0.05, 0) is 37.2 Å². The van der Waals surface area contributed by atoms with Gasteiger partial charge in [-0.15, -0.1) is 0 Å². The number of nitrogens with one attached hydrogen (secondary N) is 3. The van der Waals surface area contributed by atoms with Crippen LogP contribution in [0.4, 0.5) is 5.69 Å². The van der Waals surface area contributed by atoms with Crippen molar-refractivity contribution >= 4 is 52.1 Å². The zero-order valence-corrected chi connectivity index (χ0v) is 11.6. The Kier molecular flexibility index (Phi) is 4.27. The zero-order valence-electron chi connectivity index (χ0n) is 9.30. The number of carbonyl (C=O) groups is 1. The Hall–Kier alpha value is -1.04. The summed E-state index contributed by atoms with van der Waals surface area (Å²) in [6.45, 7) is 0. The SMILES string of the molecule is O=C(NNC(=S)Nc1c(Cl)cccc1Cl)C1CC1. The molecule has 0 saturated heterocycles. The van der Waals surface area contributed by atoms with E-state index in [9.17, 15) is 4.79 Å². The van der Waals surface area contributed by atoms with Crippen molar-refractivity contribution in [2.45, 2.75) is 12.8 Å². The van der Waals surface area contributed by atoms with Crippen LogP contribution in [-0.2, 0) is 4.79 Å². The molecule has 1 amide bonds. The van der Waals surface area contributed by atoms with E-state index in [1.54, 1.807) is 18.2 Å². The quantitative estimate of drug-likeness (QED) is 0.581. The highest BCUT2D eigenvalue weighted by atomic mass is 35.5. The molecule has 3 N–H and O–H groups in total. The Labute approximate surface area is 120 Å². The van der Waals surface area contributed by atoms with E-state index in [2.05, 4.69) is 16.2 Å². The van der Waals surface area contributed by atoms with Gasteiger partial charge in [0.25, 0.3) is 0 Å². The minimum absolute atomic E-state index is 0.0515. The largest absolute Gasteiger partial charge is 0.329 e. The first kappa shape index (κ1) is 13.4. The Morgan fingerprint density at radius 1 is 1.22 bits per heavy atom. The number of amides is 1. The van der Waals surface area contributed by atoms with Crippen LogP contribution in [0.15, 0.2) is 18.2 Å². The molecule has 1 fully saturated rings. The van der Waals surface area contributed by atoms with E-state index in [-0.39, 0.29) is 16.9 Å². The molecule has 1 aromatic carbocycles. The van der Waals surface area contributed by atoms with Crippen LogP contribution >= 0.6 is 35.4 Å². The van der Waals surface area contributed by atoms with Crippen LogP contribution < -0.4 is 16.2 Å². The lowest BCUT2D eigenvalue weighted by molar-refractivity contribution is -0.122. The second-order valence-corrected chi connectivity index (χ2v) is 5.16. The normalized spacial score (nSPS) is 13.9. The topological polar surface area (TPSA) is 53.2 Å². The molecule has 0 aromatic heterocycles. The van der Waals surface area contributed by atoms with Gasteiger partial charge >= 0.3 is 0 Å². The van der Waals surface area contributed by atoms with E-state index >= 15 is 0 Å². The Balaban J connectivity index is 1.88. The van der Waals surface area contributed by atoms with Gasteiger partial charge in [-0.1, -0.05) is 29.3 Å². The first-order valence-corrected chi connectivity index (χ1v) is 6.55. The molecule has 96 valence electrons. The van der Waals surface area contributed by atoms with Crippen molar-refractivity contribution in [1.82, 2.24) is 10.9 Å². The Morgan fingerprint density at radius 3 is 2.39 bits per heavy atom. The molecule has 0 radical (unpaired) electrons. The standard InChI is InChI=1S/C11H11Cl2N3OS/c12-7-2-1-3-8(13)9(7)14-11(18)16-15-10(17)6-4-5-6/h1-3,6H,4-5H2,(H,15,17)(H2,14,16,18). The number of halogens is 2. The summed E-state index contributed by atoms with van der Waals surface area (Å²) >= 11 is 17.0. The van der Waals surface area contributed by atoms with Crippen molar-refractivity contribution in [2.75, 3.05) is 5.32 Å². The van der Waals surface area contributed by atoms with Crippen LogP contribution in [0.1, 0.15) is 12.8 Å². The van der Waals surface area contributed by atoms with Crippen LogP contribution in [0.3, 0.4) is 0 Å². The lowest BCUT2D eigenvalue weighted by Gasteiger charge is -2.13. The maximum Gasteiger partial charge on any atom is 0.241 e. The summed E-state index contributed by atoms with van der Waals surface area (Å²) < 4.78 is 0. The summed E-state index contributed by atoms with van der Waals surface area (Å²) in [6, 6.07) is 5.13. The van der Waals surface area contributed by atoms with E-state index in [0.717, 1.165) is 12.8 Å². The third-order valence-electron chi connectivity index (χ3n) is 2.45. The molecule has 4 nitrogen and oxygen atoms in total. The molecule has 2 rings (SSSR count). The predicted octanol–water partition coefficient (Wildman–Crippen LogP) is 2.72. The average molecular weight is 304 g/mol. The first-order valence-electron chi connectivity index (χ1n) is 5.39. The van der Waals surface area contributed by atoms with Gasteiger partial charge < -0.3 is 5.32 Å². The maximum atomic E-state index is 11.4. The van der Waals surface area contributed by atoms with Gasteiger partial charge in [0.1, 0.15) is 0 Å². The summed E-state index contributed by atoms with van der Waals surface area (Å²) in [4.78, 5) is 11.4. The van der Waals surface area contributed by atoms with E-state index < -0.39 is 0 Å². The number of rotatable bonds is 2. The molecule has 0 aliphatic heterocycles. The third kappa shape index (κ3) is 3.48. The van der Waals surface area contributed by atoms with Gasteiger partial charge in [0.15, 0.2) is 5.11 Å². The lowest BCUT2D eigenvalue weighted by atomic mass is 10.3. The summed E-state index contributed by atoms with van der Waals surface area (Å²) in [5.74, 6) is 0.0635. The fourth-order valence-electron chi connectivity index (χ4n) is 1.33. The van der Waals surface area contributed by atoms with Gasteiger partial charge in [-0.2, -0.15) is 0 Å². The smallest absolute Gasteiger partial charge is 0.241 e. The van der Waals surface area contributed by atoms with Crippen LogP contribution in [0.5, 0.6) is 0 Å². The number of hydrogen-bond acceptors (Lipinski definition) is 2. The molecule has 1 aliphatic carbocycles. The molecule has 1 saturated carbocycles. The van der Waals surface area contributed by atoms with Crippen molar-refractivity contribution < 1.29 is 4.79 Å². The van der Waals surface area contributed by atoms with Gasteiger partial charge in [0.05, 0.1) is 15.7 Å². The van der Waals surface area contributed by atoms with Gasteiger partial charge in [0, 0.05) is 5.92 Å². The molecule has 1 aliphatic rings. The number of carbonyl (C=O) groups excluding carboxylic acids is 1. The third-order valence-corrected chi connectivity index (χ3v) is 3.28. The molecular formula is C11H11Cl2N3OS. The number of benzene rings is 1. The summed E-state index contributed by atoms with van der Waals surface area (Å²) in [5.41, 5.74) is 5.65. The zero-order chi connectivity index (χ0) is 13.1. The Morgan fingerprint density at radius 2 is 1.83 bits per heavy atom. The second kappa shape index (κ2) is 5.73. The number of para-hydroxylation sites is 1. The minimum atomic E-state index is -0.0515. The summed E-state index contributed by atoms with van der Waals surface area (Å²) in [7, 11) is 0. The van der Waals surface area contributed by atoms with Gasteiger partial charge in [-0.3, -0.25) is 15.6 Å². The molecule has 18 heavy (non-hydrogen) atoms. The monoisotopic (exact) mass is 303 g/mol. The van der Waals surface area contributed by atoms with Crippen LogP contribution in [-0.4, -0.2) is 11.0 Å². The highest BCUT2D eigenvalue weighted by Gasteiger charge is 2.29. The minimum Gasteiger partial charge on any atom is -0.329 e. The van der Waals surface area contributed by atoms with Crippen LogP contribution in [0, 0.1) is 5.92 Å². The van der Waals surface area contributed by atoms with Crippen molar-refractivity contribution in [3.63, 3.8) is 0 Å². The molecule has 1 aromatic rings. The van der Waals surface area contributed by atoms with Crippen molar-refractivity contribution in [2.24, 2.45) is 5.92 Å². The highest BCUT2D eigenvalue weighted by molar-refractivity contribution is 7.80. The van der Waals surface area contributed by atoms with Crippen LogP contribution in [0.2, 0.25) is 10.0 Å². The summed E-state index contributed by atoms with van der Waals surface area (Å²) in [5, 5.41) is 3.99. The van der Waals surface area contributed by atoms with E-state index in [1.165, 1.54) is 0 Å². The number of hydrazine groups is 1. The molecule has 0 unspecified atom stereocenters. The fourth-order valence-corrected chi connectivity index (χ4v) is 1.97. The van der Waals surface area contributed by atoms with Gasteiger partial charge in [0.2, 0.25) is 5.91 Å². The molecule has 0 spiro atoms. The lowest BCUT2D eigenvalue weighted by Crippen LogP contribution is -2.44. The predicted molar refractivity (Wildman–Crippen MR) is 76.7 cm³/mol. The number of anilines is 1. The van der Waals surface area contributed by atoms with E-state index in [1.807, 2.05) is 0 Å². The summed E-state index contributed by atoms with van der Waals surface area (Å²) in [6.07, 6.45) is 1.87. The highest BCUT2D eigenvalue weighted by Crippen LogP contribution is 2.30. The molecule has 0 bridgehead atoms. The van der Waals surface area contributed by atoms with Crippen molar-refractivity contribution in [3.8, 4) is 0 Å². The number of thiocarbonyl (C=S) groups is 1. The van der Waals surface area contributed by atoms with Crippen molar-refractivity contribution in [1.29, 1.82) is 0 Å². The first-order chi connectivity index (χ1) is 8.58. The van der Waals surface area contributed by atoms with E-state index in [0.29, 0.717) is 15.7 Å². The fraction of sp³-hybridized carbons (Fsp3) is 0.273. The second-order valence-electron chi connectivity index (χ2n) is 3.94. The van der Waals surface area contributed by atoms with E-state index in [4.69, 9.17) is 35.4 Å². The molecule has 7 heteroatoms. The molecular weight excluding hydrogens is 293 g/mol. The van der Waals surface area contributed by atoms with Gasteiger partial charge in [-0.25, -0.2) is 0 Å². The molecule has 0 heterocycles. The maximum absolute atomic E-state index is 11.4. The van der Waals surface area contributed by atoms with Crippen molar-refractivity contribution in [3.05, 3.63) is 28.2 Å². The average Bonchev–Trinajstić information content (AvgIpc) is 3.15.